The molecular weight excluding hydrogens is 242 g/mol. The number of rotatable bonds is 3. The minimum absolute atomic E-state index is 0.229. The zero-order chi connectivity index (χ0) is 10.7. The van der Waals surface area contributed by atoms with Crippen LogP contribution in [-0.4, -0.2) is 22.0 Å². The number of hydrogen-bond acceptors (Lipinski definition) is 4. The van der Waals surface area contributed by atoms with Gasteiger partial charge in [0, 0.05) is 26.9 Å². The van der Waals surface area contributed by atoms with E-state index in [0.717, 1.165) is 5.25 Å². The van der Waals surface area contributed by atoms with Gasteiger partial charge in [-0.3, -0.25) is 0 Å². The fourth-order valence-corrected chi connectivity index (χ4v) is 5.95. The first-order valence-electron chi connectivity index (χ1n) is 5.35. The summed E-state index contributed by atoms with van der Waals surface area (Å²) in [6, 6.07) is 4.50. The van der Waals surface area contributed by atoms with Gasteiger partial charge >= 0.3 is 0 Å². The van der Waals surface area contributed by atoms with Gasteiger partial charge in [0.1, 0.15) is 0 Å². The minimum Gasteiger partial charge on any atom is -0.322 e. The van der Waals surface area contributed by atoms with Crippen molar-refractivity contribution in [3.05, 3.63) is 22.4 Å². The van der Waals surface area contributed by atoms with Crippen LogP contribution in [0.2, 0.25) is 0 Å². The van der Waals surface area contributed by atoms with E-state index in [1.165, 1.54) is 22.8 Å². The van der Waals surface area contributed by atoms with Gasteiger partial charge in [-0.1, -0.05) is 13.0 Å². The summed E-state index contributed by atoms with van der Waals surface area (Å²) in [5, 5.41) is 3.46. The lowest BCUT2D eigenvalue weighted by Crippen LogP contribution is -2.35. The lowest BCUT2D eigenvalue weighted by molar-refractivity contribution is 0.639. The monoisotopic (exact) mass is 259 g/mol. The second-order valence-corrected chi connectivity index (χ2v) is 7.31. The highest BCUT2D eigenvalue weighted by atomic mass is 32.2. The number of thioether (sulfide) groups is 2. The van der Waals surface area contributed by atoms with Crippen LogP contribution in [0.15, 0.2) is 17.5 Å². The van der Waals surface area contributed by atoms with E-state index in [9.17, 15) is 0 Å². The Morgan fingerprint density at radius 2 is 2.27 bits per heavy atom. The zero-order valence-corrected chi connectivity index (χ0v) is 11.3. The first kappa shape index (κ1) is 11.8. The summed E-state index contributed by atoms with van der Waals surface area (Å²) in [7, 11) is 0. The van der Waals surface area contributed by atoms with Crippen molar-refractivity contribution in [3.63, 3.8) is 0 Å². The zero-order valence-electron chi connectivity index (χ0n) is 8.89. The van der Waals surface area contributed by atoms with E-state index in [1.807, 2.05) is 0 Å². The molecule has 0 saturated carbocycles. The SMILES string of the molecule is CCC1SCCSC1C(N)c1cccs1. The van der Waals surface area contributed by atoms with Crippen molar-refractivity contribution in [2.75, 3.05) is 11.5 Å². The van der Waals surface area contributed by atoms with Crippen LogP contribution in [0.25, 0.3) is 0 Å². The first-order valence-corrected chi connectivity index (χ1v) is 8.33. The fourth-order valence-electron chi connectivity index (χ4n) is 1.91. The third kappa shape index (κ3) is 2.73. The molecule has 2 rings (SSSR count). The molecular formula is C11H17NS3. The molecule has 4 heteroatoms. The maximum absolute atomic E-state index is 6.36. The summed E-state index contributed by atoms with van der Waals surface area (Å²) in [5.74, 6) is 2.54. The Labute approximate surface area is 104 Å². The van der Waals surface area contributed by atoms with E-state index in [1.54, 1.807) is 11.3 Å². The van der Waals surface area contributed by atoms with Gasteiger partial charge in [-0.05, 0) is 17.9 Å². The highest BCUT2D eigenvalue weighted by molar-refractivity contribution is 8.07. The Kier molecular flexibility index (Phi) is 4.43. The van der Waals surface area contributed by atoms with Crippen LogP contribution < -0.4 is 5.73 Å². The van der Waals surface area contributed by atoms with Crippen molar-refractivity contribution in [2.45, 2.75) is 29.9 Å². The normalized spacial score (nSPS) is 28.9. The van der Waals surface area contributed by atoms with Crippen LogP contribution in [0.3, 0.4) is 0 Å². The Bertz CT molecular complexity index is 286. The van der Waals surface area contributed by atoms with Crippen LogP contribution >= 0.6 is 34.9 Å². The smallest absolute Gasteiger partial charge is 0.0521 e. The summed E-state index contributed by atoms with van der Waals surface area (Å²) < 4.78 is 0. The van der Waals surface area contributed by atoms with Crippen LogP contribution in [0.1, 0.15) is 24.3 Å². The van der Waals surface area contributed by atoms with E-state index in [2.05, 4.69) is 48.0 Å². The minimum atomic E-state index is 0.229. The molecule has 0 radical (unpaired) electrons. The molecule has 84 valence electrons. The average Bonchev–Trinajstić information content (AvgIpc) is 2.81. The van der Waals surface area contributed by atoms with Gasteiger partial charge in [-0.15, -0.1) is 11.3 Å². The maximum Gasteiger partial charge on any atom is 0.0521 e. The molecule has 2 heterocycles. The quantitative estimate of drug-likeness (QED) is 0.901. The van der Waals surface area contributed by atoms with Crippen LogP contribution in [0, 0.1) is 0 Å². The summed E-state index contributed by atoms with van der Waals surface area (Å²) in [6.07, 6.45) is 1.24. The number of thiophene rings is 1. The van der Waals surface area contributed by atoms with E-state index >= 15 is 0 Å². The Morgan fingerprint density at radius 3 is 2.93 bits per heavy atom. The van der Waals surface area contributed by atoms with Gasteiger partial charge in [-0.25, -0.2) is 0 Å². The number of hydrogen-bond donors (Lipinski definition) is 1. The fraction of sp³-hybridized carbons (Fsp3) is 0.636. The largest absolute Gasteiger partial charge is 0.322 e. The second kappa shape index (κ2) is 5.62. The van der Waals surface area contributed by atoms with E-state index in [0.29, 0.717) is 5.25 Å². The Balaban J connectivity index is 2.07. The van der Waals surface area contributed by atoms with Crippen molar-refractivity contribution in [2.24, 2.45) is 5.73 Å². The molecule has 0 aromatic carbocycles. The molecule has 1 fully saturated rings. The van der Waals surface area contributed by atoms with Crippen LogP contribution in [0.4, 0.5) is 0 Å². The molecule has 0 aliphatic carbocycles. The predicted octanol–water partition coefficient (Wildman–Crippen LogP) is 3.38. The maximum atomic E-state index is 6.36. The lowest BCUT2D eigenvalue weighted by Gasteiger charge is -2.33. The van der Waals surface area contributed by atoms with E-state index in [-0.39, 0.29) is 6.04 Å². The Morgan fingerprint density at radius 1 is 1.47 bits per heavy atom. The van der Waals surface area contributed by atoms with Crippen molar-refractivity contribution >= 4 is 34.9 Å². The van der Waals surface area contributed by atoms with Crippen LogP contribution in [-0.2, 0) is 0 Å². The topological polar surface area (TPSA) is 26.0 Å². The van der Waals surface area contributed by atoms with Gasteiger partial charge in [0.05, 0.1) is 6.04 Å². The van der Waals surface area contributed by atoms with Gasteiger partial charge < -0.3 is 5.73 Å². The molecule has 1 nitrogen and oxygen atoms in total. The first-order chi connectivity index (χ1) is 7.33. The molecule has 0 spiro atoms. The average molecular weight is 259 g/mol. The molecule has 1 aromatic heterocycles. The Hall–Kier alpha value is 0.360. The van der Waals surface area contributed by atoms with Gasteiger partial charge in [0.25, 0.3) is 0 Å². The van der Waals surface area contributed by atoms with Crippen LogP contribution in [0.5, 0.6) is 0 Å². The molecule has 1 aliphatic heterocycles. The second-order valence-electron chi connectivity index (χ2n) is 3.69. The molecule has 15 heavy (non-hydrogen) atoms. The molecule has 2 N–H and O–H groups in total. The summed E-state index contributed by atoms with van der Waals surface area (Å²) in [4.78, 5) is 1.34. The highest BCUT2D eigenvalue weighted by Gasteiger charge is 2.31. The van der Waals surface area contributed by atoms with Gasteiger partial charge in [0.15, 0.2) is 0 Å². The molecule has 3 atom stereocenters. The molecule has 1 aromatic rings. The summed E-state index contributed by atoms with van der Waals surface area (Å²) in [5.41, 5.74) is 6.36. The molecule has 0 bridgehead atoms. The molecule has 1 aliphatic rings. The summed E-state index contributed by atoms with van der Waals surface area (Å²) >= 11 is 5.95. The number of nitrogens with two attached hydrogens (primary N) is 1. The van der Waals surface area contributed by atoms with Crippen molar-refractivity contribution in [1.29, 1.82) is 0 Å². The predicted molar refractivity (Wildman–Crippen MR) is 74.0 cm³/mol. The summed E-state index contributed by atoms with van der Waals surface area (Å²) in [6.45, 7) is 2.28. The van der Waals surface area contributed by atoms with Crippen molar-refractivity contribution in [1.82, 2.24) is 0 Å². The van der Waals surface area contributed by atoms with Crippen molar-refractivity contribution < 1.29 is 0 Å². The van der Waals surface area contributed by atoms with Gasteiger partial charge in [-0.2, -0.15) is 23.5 Å². The van der Waals surface area contributed by atoms with E-state index in [4.69, 9.17) is 5.73 Å². The highest BCUT2D eigenvalue weighted by Crippen LogP contribution is 2.39. The standard InChI is InChI=1S/C11H17NS3/c1-2-8-11(15-7-6-14-8)10(12)9-4-3-5-13-9/h3-5,8,10-11H,2,6-7,12H2,1H3. The van der Waals surface area contributed by atoms with Crippen molar-refractivity contribution in [3.8, 4) is 0 Å². The van der Waals surface area contributed by atoms with Gasteiger partial charge in [0.2, 0.25) is 0 Å². The van der Waals surface area contributed by atoms with E-state index < -0.39 is 0 Å². The lowest BCUT2D eigenvalue weighted by atomic mass is 10.1. The molecule has 0 amide bonds. The third-order valence-electron chi connectivity index (χ3n) is 2.72. The third-order valence-corrected chi connectivity index (χ3v) is 7.07. The molecule has 1 saturated heterocycles. The molecule has 3 unspecified atom stereocenters.